The molecule has 0 aliphatic carbocycles. The molecule has 7 nitrogen and oxygen atoms in total. The van der Waals surface area contributed by atoms with Crippen molar-refractivity contribution in [3.63, 3.8) is 0 Å². The molecule has 0 saturated heterocycles. The molecule has 112 valence electrons. The molecule has 0 aromatic heterocycles. The minimum Gasteiger partial charge on any atom is -0.478 e. The van der Waals surface area contributed by atoms with E-state index in [0.29, 0.717) is 17.0 Å². The van der Waals surface area contributed by atoms with Gasteiger partial charge in [0.2, 0.25) is 0 Å². The molecule has 7 heteroatoms. The summed E-state index contributed by atoms with van der Waals surface area (Å²) >= 11 is 0. The lowest BCUT2D eigenvalue weighted by molar-refractivity contribution is -0.385. The quantitative estimate of drug-likeness (QED) is 0.501. The second-order valence-electron chi connectivity index (χ2n) is 4.47. The predicted molar refractivity (Wildman–Crippen MR) is 82.3 cm³/mol. The summed E-state index contributed by atoms with van der Waals surface area (Å²) < 4.78 is 0. The molecule has 0 heterocycles. The largest absolute Gasteiger partial charge is 0.478 e. The Labute approximate surface area is 126 Å². The zero-order chi connectivity index (χ0) is 16.1. The van der Waals surface area contributed by atoms with Crippen LogP contribution >= 0.6 is 0 Å². The molecule has 2 N–H and O–H groups in total. The van der Waals surface area contributed by atoms with Gasteiger partial charge < -0.3 is 5.11 Å². The summed E-state index contributed by atoms with van der Waals surface area (Å²) in [5.41, 5.74) is 4.36. The number of aromatic carboxylic acids is 1. The molecule has 2 aromatic rings. The van der Waals surface area contributed by atoms with Crippen molar-refractivity contribution in [3.8, 4) is 0 Å². The van der Waals surface area contributed by atoms with Crippen LogP contribution in [0, 0.1) is 10.1 Å². The first kappa shape index (κ1) is 15.2. The molecule has 0 aliphatic heterocycles. The van der Waals surface area contributed by atoms with Crippen molar-refractivity contribution in [1.29, 1.82) is 0 Å². The summed E-state index contributed by atoms with van der Waals surface area (Å²) in [4.78, 5) is 21.3. The van der Waals surface area contributed by atoms with Crippen LogP contribution in [-0.2, 0) is 0 Å². The second kappa shape index (κ2) is 6.49. The summed E-state index contributed by atoms with van der Waals surface area (Å²) in [6, 6.07) is 12.3. The highest BCUT2D eigenvalue weighted by molar-refractivity contribution is 6.02. The molecule has 0 unspecified atom stereocenters. The third kappa shape index (κ3) is 3.45. The van der Waals surface area contributed by atoms with Gasteiger partial charge in [-0.2, -0.15) is 5.10 Å². The van der Waals surface area contributed by atoms with Gasteiger partial charge in [0.05, 0.1) is 27.4 Å². The summed E-state index contributed by atoms with van der Waals surface area (Å²) in [5, 5.41) is 23.9. The Morgan fingerprint density at radius 2 is 1.82 bits per heavy atom. The van der Waals surface area contributed by atoms with Crippen LogP contribution in [0.2, 0.25) is 0 Å². The van der Waals surface area contributed by atoms with Crippen molar-refractivity contribution in [2.75, 3.05) is 5.43 Å². The van der Waals surface area contributed by atoms with Crippen LogP contribution in [0.1, 0.15) is 22.8 Å². The standard InChI is InChI=1S/C15H13N3O4/c1-10(13-4-2-3-5-14(13)18(21)22)16-17-12-8-6-11(7-9-12)15(19)20/h2-9,17H,1H3,(H,19,20)/b16-10-. The van der Waals surface area contributed by atoms with E-state index < -0.39 is 10.9 Å². The second-order valence-corrected chi connectivity index (χ2v) is 4.47. The average Bonchev–Trinajstić information content (AvgIpc) is 2.53. The first-order valence-electron chi connectivity index (χ1n) is 6.36. The lowest BCUT2D eigenvalue weighted by Gasteiger charge is -2.05. The fourth-order valence-electron chi connectivity index (χ4n) is 1.83. The van der Waals surface area contributed by atoms with Gasteiger partial charge in [0.25, 0.3) is 5.69 Å². The number of nitrogens with zero attached hydrogens (tertiary/aromatic N) is 2. The molecule has 0 spiro atoms. The molecule has 2 aromatic carbocycles. The predicted octanol–water partition coefficient (Wildman–Crippen LogP) is 3.13. The number of carboxylic acids is 1. The molecule has 0 radical (unpaired) electrons. The number of benzene rings is 2. The number of nitrogens with one attached hydrogen (secondary N) is 1. The highest BCUT2D eigenvalue weighted by atomic mass is 16.6. The summed E-state index contributed by atoms with van der Waals surface area (Å²) in [5.74, 6) is -1.01. The zero-order valence-electron chi connectivity index (χ0n) is 11.7. The first-order chi connectivity index (χ1) is 10.5. The monoisotopic (exact) mass is 299 g/mol. The Morgan fingerprint density at radius 3 is 2.41 bits per heavy atom. The third-order valence-corrected chi connectivity index (χ3v) is 2.98. The summed E-state index contributed by atoms with van der Waals surface area (Å²) in [6.45, 7) is 1.65. The van der Waals surface area contributed by atoms with E-state index >= 15 is 0 Å². The van der Waals surface area contributed by atoms with Crippen LogP contribution in [0.5, 0.6) is 0 Å². The van der Waals surface area contributed by atoms with E-state index in [1.807, 2.05) is 0 Å². The average molecular weight is 299 g/mol. The van der Waals surface area contributed by atoms with Gasteiger partial charge in [0.1, 0.15) is 0 Å². The molecule has 0 amide bonds. The van der Waals surface area contributed by atoms with Gasteiger partial charge >= 0.3 is 5.97 Å². The van der Waals surface area contributed by atoms with Crippen LogP contribution in [0.3, 0.4) is 0 Å². The maximum absolute atomic E-state index is 11.0. The summed E-state index contributed by atoms with van der Waals surface area (Å²) in [6.07, 6.45) is 0. The number of hydrogen-bond acceptors (Lipinski definition) is 5. The molecule has 0 saturated carbocycles. The fourth-order valence-corrected chi connectivity index (χ4v) is 1.83. The van der Waals surface area contributed by atoms with Gasteiger partial charge in [0, 0.05) is 6.07 Å². The van der Waals surface area contributed by atoms with E-state index in [4.69, 9.17) is 5.11 Å². The normalized spacial score (nSPS) is 11.0. The molecule has 0 aliphatic rings. The molecule has 0 bridgehead atoms. The van der Waals surface area contributed by atoms with Crippen LogP contribution in [-0.4, -0.2) is 21.7 Å². The number of carboxylic acid groups (broad SMARTS) is 1. The number of carbonyl (C=O) groups is 1. The molecular weight excluding hydrogens is 286 g/mol. The Bertz CT molecular complexity index is 739. The first-order valence-corrected chi connectivity index (χ1v) is 6.36. The number of para-hydroxylation sites is 1. The van der Waals surface area contributed by atoms with Crippen LogP contribution in [0.4, 0.5) is 11.4 Å². The molecule has 0 atom stereocenters. The molecule has 22 heavy (non-hydrogen) atoms. The highest BCUT2D eigenvalue weighted by Crippen LogP contribution is 2.19. The van der Waals surface area contributed by atoms with Crippen molar-refractivity contribution in [1.82, 2.24) is 0 Å². The number of nitro groups is 1. The number of nitro benzene ring substituents is 1. The van der Waals surface area contributed by atoms with Crippen molar-refractivity contribution < 1.29 is 14.8 Å². The van der Waals surface area contributed by atoms with Crippen molar-refractivity contribution in [2.45, 2.75) is 6.92 Å². The van der Waals surface area contributed by atoms with E-state index in [0.717, 1.165) is 0 Å². The lowest BCUT2D eigenvalue weighted by atomic mass is 10.1. The molecule has 0 fully saturated rings. The number of hydrogen-bond donors (Lipinski definition) is 2. The minimum absolute atomic E-state index is 0.0215. The van der Waals surface area contributed by atoms with Gasteiger partial charge in [-0.05, 0) is 37.3 Å². The van der Waals surface area contributed by atoms with E-state index in [1.165, 1.54) is 18.2 Å². The molecule has 2 rings (SSSR count). The van der Waals surface area contributed by atoms with E-state index in [1.54, 1.807) is 37.3 Å². The van der Waals surface area contributed by atoms with Gasteiger partial charge in [0.15, 0.2) is 0 Å². The Kier molecular flexibility index (Phi) is 4.47. The topological polar surface area (TPSA) is 105 Å². The minimum atomic E-state index is -1.01. The molecular formula is C15H13N3O4. The smallest absolute Gasteiger partial charge is 0.335 e. The Balaban J connectivity index is 2.19. The van der Waals surface area contributed by atoms with Crippen LogP contribution in [0.25, 0.3) is 0 Å². The van der Waals surface area contributed by atoms with E-state index in [2.05, 4.69) is 10.5 Å². The van der Waals surface area contributed by atoms with Gasteiger partial charge in [-0.25, -0.2) is 4.79 Å². The zero-order valence-corrected chi connectivity index (χ0v) is 11.7. The maximum atomic E-state index is 11.0. The van der Waals surface area contributed by atoms with Crippen LogP contribution < -0.4 is 5.43 Å². The van der Waals surface area contributed by atoms with Gasteiger partial charge in [-0.3, -0.25) is 15.5 Å². The number of hydrazone groups is 1. The van der Waals surface area contributed by atoms with Crippen molar-refractivity contribution >= 4 is 23.1 Å². The van der Waals surface area contributed by atoms with Gasteiger partial charge in [-0.15, -0.1) is 0 Å². The highest BCUT2D eigenvalue weighted by Gasteiger charge is 2.14. The lowest BCUT2D eigenvalue weighted by Crippen LogP contribution is -2.04. The van der Waals surface area contributed by atoms with Crippen molar-refractivity contribution in [3.05, 3.63) is 69.8 Å². The number of rotatable bonds is 5. The van der Waals surface area contributed by atoms with Crippen LogP contribution in [0.15, 0.2) is 53.6 Å². The third-order valence-electron chi connectivity index (χ3n) is 2.98. The number of anilines is 1. The maximum Gasteiger partial charge on any atom is 0.335 e. The SMILES string of the molecule is C/C(=N/Nc1ccc(C(=O)O)cc1)c1ccccc1[N+](=O)[O-]. The van der Waals surface area contributed by atoms with E-state index in [-0.39, 0.29) is 11.3 Å². The summed E-state index contributed by atoms with van der Waals surface area (Å²) in [7, 11) is 0. The van der Waals surface area contributed by atoms with Crippen molar-refractivity contribution in [2.24, 2.45) is 5.10 Å². The fraction of sp³-hybridized carbons (Fsp3) is 0.0667. The van der Waals surface area contributed by atoms with E-state index in [9.17, 15) is 14.9 Å². The Morgan fingerprint density at radius 1 is 1.18 bits per heavy atom. The Hall–Kier alpha value is -3.22. The van der Waals surface area contributed by atoms with Gasteiger partial charge in [-0.1, -0.05) is 12.1 Å².